The topological polar surface area (TPSA) is 138 Å². The number of benzene rings is 1. The summed E-state index contributed by atoms with van der Waals surface area (Å²) < 4.78 is 25.5. The van der Waals surface area contributed by atoms with Gasteiger partial charge in [0.05, 0.1) is 33.9 Å². The first-order chi connectivity index (χ1) is 17.1. The highest BCUT2D eigenvalue weighted by atomic mass is 32.2. The van der Waals surface area contributed by atoms with Crippen molar-refractivity contribution in [2.45, 2.75) is 32.6 Å². The van der Waals surface area contributed by atoms with E-state index >= 15 is 0 Å². The summed E-state index contributed by atoms with van der Waals surface area (Å²) in [5.74, 6) is 1.72. The zero-order valence-electron chi connectivity index (χ0n) is 20.3. The summed E-state index contributed by atoms with van der Waals surface area (Å²) in [6.45, 7) is 7.52. The smallest absolute Gasteiger partial charge is 0.181 e. The Morgan fingerprint density at radius 2 is 1.69 bits per heavy atom. The molecule has 12 heteroatoms. The van der Waals surface area contributed by atoms with E-state index in [1.165, 1.54) is 17.6 Å². The van der Waals surface area contributed by atoms with Gasteiger partial charge in [0.1, 0.15) is 28.0 Å². The summed E-state index contributed by atoms with van der Waals surface area (Å²) in [4.78, 5) is 25.8. The number of aromatic amines is 1. The summed E-state index contributed by atoms with van der Waals surface area (Å²) in [5.41, 5.74) is 5.47. The molecule has 0 atom stereocenters. The second-order valence-electron chi connectivity index (χ2n) is 8.53. The molecule has 0 spiro atoms. The van der Waals surface area contributed by atoms with Gasteiger partial charge < -0.3 is 15.6 Å². The van der Waals surface area contributed by atoms with Crippen molar-refractivity contribution < 1.29 is 8.42 Å². The molecule has 0 radical (unpaired) electrons. The molecule has 0 fully saturated rings. The lowest BCUT2D eigenvalue weighted by Gasteiger charge is -2.14. The fraction of sp³-hybridized carbons (Fsp3) is 0.208. The van der Waals surface area contributed by atoms with Crippen molar-refractivity contribution in [1.82, 2.24) is 29.9 Å². The number of fused-ring (bicyclic) bond motifs is 1. The van der Waals surface area contributed by atoms with E-state index in [4.69, 9.17) is 0 Å². The molecule has 0 unspecified atom stereocenters. The number of pyridine rings is 1. The van der Waals surface area contributed by atoms with Gasteiger partial charge in [-0.15, -0.1) is 11.3 Å². The molecule has 4 heterocycles. The van der Waals surface area contributed by atoms with Gasteiger partial charge in [0.15, 0.2) is 15.5 Å². The Morgan fingerprint density at radius 1 is 0.889 bits per heavy atom. The van der Waals surface area contributed by atoms with Gasteiger partial charge in [-0.25, -0.2) is 28.4 Å². The van der Waals surface area contributed by atoms with Crippen molar-refractivity contribution in [1.29, 1.82) is 0 Å². The van der Waals surface area contributed by atoms with Gasteiger partial charge in [0.25, 0.3) is 0 Å². The van der Waals surface area contributed by atoms with Crippen molar-refractivity contribution in [2.75, 3.05) is 16.9 Å². The number of sulfone groups is 1. The molecule has 0 bridgehead atoms. The van der Waals surface area contributed by atoms with E-state index < -0.39 is 9.84 Å². The highest BCUT2D eigenvalue weighted by molar-refractivity contribution is 7.90. The van der Waals surface area contributed by atoms with E-state index in [2.05, 4.69) is 40.5 Å². The minimum Gasteiger partial charge on any atom is -0.353 e. The van der Waals surface area contributed by atoms with Crippen molar-refractivity contribution >= 4 is 55.3 Å². The molecule has 0 aliphatic rings. The molecule has 1 aromatic carbocycles. The van der Waals surface area contributed by atoms with Crippen LogP contribution in [0.15, 0.2) is 40.7 Å². The number of rotatable bonds is 6. The van der Waals surface area contributed by atoms with Gasteiger partial charge >= 0.3 is 0 Å². The van der Waals surface area contributed by atoms with Gasteiger partial charge in [-0.05, 0) is 45.9 Å². The van der Waals surface area contributed by atoms with Gasteiger partial charge in [0.2, 0.25) is 0 Å². The molecule has 0 aliphatic carbocycles. The number of imidazole rings is 1. The lowest BCUT2D eigenvalue weighted by atomic mass is 10.2. The Kier molecular flexibility index (Phi) is 5.92. The molecule has 4 aromatic heterocycles. The Labute approximate surface area is 212 Å². The summed E-state index contributed by atoms with van der Waals surface area (Å²) in [6.07, 6.45) is 2.83. The lowest BCUT2D eigenvalue weighted by Crippen LogP contribution is -2.05. The maximum Gasteiger partial charge on any atom is 0.181 e. The highest BCUT2D eigenvalue weighted by Gasteiger charge is 2.18. The summed E-state index contributed by atoms with van der Waals surface area (Å²) in [5, 5.41) is 9.16. The molecule has 3 N–H and O–H groups in total. The molecule has 184 valence electrons. The third kappa shape index (κ3) is 4.77. The van der Waals surface area contributed by atoms with Crippen LogP contribution in [-0.2, 0) is 9.84 Å². The Balaban J connectivity index is 1.58. The highest BCUT2D eigenvalue weighted by Crippen LogP contribution is 2.34. The number of thiazole rings is 1. The first-order valence-electron chi connectivity index (χ1n) is 11.0. The molecular weight excluding hydrogens is 496 g/mol. The number of nitrogens with zero attached hydrogens (tertiary/aromatic N) is 5. The van der Waals surface area contributed by atoms with Crippen LogP contribution in [0.3, 0.4) is 0 Å². The fourth-order valence-corrected chi connectivity index (χ4v) is 5.35. The Hall–Kier alpha value is -3.90. The SMILES string of the molecule is Cc1csc(-c2ccc(Nc3cc(Nc4cnc(C)c(C)n4)nc4nc(C)[nH]c34)c(S(C)(=O)=O)c2)n1. The number of nitrogens with one attached hydrogen (secondary N) is 3. The molecule has 0 aliphatic heterocycles. The molecule has 5 aromatic rings. The van der Waals surface area contributed by atoms with E-state index in [0.29, 0.717) is 40.0 Å². The largest absolute Gasteiger partial charge is 0.353 e. The van der Waals surface area contributed by atoms with Gasteiger partial charge in [-0.2, -0.15) is 0 Å². The van der Waals surface area contributed by atoms with Gasteiger partial charge in [-0.1, -0.05) is 0 Å². The van der Waals surface area contributed by atoms with E-state index in [0.717, 1.165) is 27.7 Å². The Morgan fingerprint density at radius 3 is 2.39 bits per heavy atom. The van der Waals surface area contributed by atoms with E-state index in [1.807, 2.05) is 39.1 Å². The molecule has 0 amide bonds. The van der Waals surface area contributed by atoms with Crippen LogP contribution in [0, 0.1) is 27.7 Å². The molecule has 5 rings (SSSR count). The van der Waals surface area contributed by atoms with E-state index in [-0.39, 0.29) is 4.90 Å². The molecule has 10 nitrogen and oxygen atoms in total. The van der Waals surface area contributed by atoms with Crippen LogP contribution in [0.4, 0.5) is 23.0 Å². The average molecular weight is 521 g/mol. The lowest BCUT2D eigenvalue weighted by molar-refractivity contribution is 0.602. The van der Waals surface area contributed by atoms with Crippen molar-refractivity contribution in [2.24, 2.45) is 0 Å². The summed E-state index contributed by atoms with van der Waals surface area (Å²) in [6, 6.07) is 7.03. The minimum atomic E-state index is -3.55. The number of aromatic nitrogens is 6. The number of anilines is 4. The molecule has 0 saturated carbocycles. The van der Waals surface area contributed by atoms with E-state index in [9.17, 15) is 8.42 Å². The van der Waals surface area contributed by atoms with Crippen LogP contribution in [0.1, 0.15) is 22.9 Å². The predicted octanol–water partition coefficient (Wildman–Crippen LogP) is 5.00. The minimum absolute atomic E-state index is 0.170. The van der Waals surface area contributed by atoms with Crippen LogP contribution >= 0.6 is 11.3 Å². The fourth-order valence-electron chi connectivity index (χ4n) is 3.70. The normalized spacial score (nSPS) is 11.7. The predicted molar refractivity (Wildman–Crippen MR) is 142 cm³/mol. The van der Waals surface area contributed by atoms with Gasteiger partial charge in [-0.3, -0.25) is 4.98 Å². The van der Waals surface area contributed by atoms with Crippen LogP contribution in [0.25, 0.3) is 21.7 Å². The zero-order valence-corrected chi connectivity index (χ0v) is 22.0. The summed E-state index contributed by atoms with van der Waals surface area (Å²) in [7, 11) is -3.55. The molecular formula is C24H24N8O2S2. The first kappa shape index (κ1) is 23.8. The number of H-pyrrole nitrogens is 1. The van der Waals surface area contributed by atoms with Crippen molar-refractivity contribution in [3.8, 4) is 10.6 Å². The monoisotopic (exact) mass is 520 g/mol. The third-order valence-corrected chi connectivity index (χ3v) is 7.69. The van der Waals surface area contributed by atoms with E-state index in [1.54, 1.807) is 24.4 Å². The van der Waals surface area contributed by atoms with Crippen LogP contribution in [0.5, 0.6) is 0 Å². The quantitative estimate of drug-likeness (QED) is 0.282. The molecule has 36 heavy (non-hydrogen) atoms. The van der Waals surface area contributed by atoms with Gasteiger partial charge in [0, 0.05) is 29.0 Å². The Bertz CT molecular complexity index is 1720. The second-order valence-corrected chi connectivity index (χ2v) is 11.4. The maximum atomic E-state index is 12.8. The molecule has 0 saturated heterocycles. The van der Waals surface area contributed by atoms with Crippen molar-refractivity contribution in [3.05, 3.63) is 58.7 Å². The van der Waals surface area contributed by atoms with Crippen LogP contribution < -0.4 is 10.6 Å². The van der Waals surface area contributed by atoms with Crippen molar-refractivity contribution in [3.63, 3.8) is 0 Å². The van der Waals surface area contributed by atoms with Crippen LogP contribution in [-0.4, -0.2) is 44.6 Å². The number of hydrogen-bond acceptors (Lipinski definition) is 10. The number of hydrogen-bond donors (Lipinski definition) is 3. The summed E-state index contributed by atoms with van der Waals surface area (Å²) >= 11 is 1.47. The maximum absolute atomic E-state index is 12.8. The second kappa shape index (κ2) is 8.95. The third-order valence-electron chi connectivity index (χ3n) is 5.54. The average Bonchev–Trinajstić information content (AvgIpc) is 3.41. The zero-order chi connectivity index (χ0) is 25.6. The van der Waals surface area contributed by atoms with Crippen LogP contribution in [0.2, 0.25) is 0 Å². The standard InChI is InChI=1S/C24H24N8O2S2/c1-12-11-35-24(26-12)16-6-7-17(19(8-16)36(5,33)34)30-18-9-20(32-23-22(18)28-15(4)29-23)31-21-10-25-13(2)14(3)27-21/h6-11H,1-5H3,(H3,27,28,29,30,31,32). The number of aryl methyl sites for hydroxylation is 4. The first-order valence-corrected chi connectivity index (χ1v) is 13.8.